The Labute approximate surface area is 165 Å². The van der Waals surface area contributed by atoms with Crippen molar-refractivity contribution in [2.45, 2.75) is 25.8 Å². The zero-order valence-electron chi connectivity index (χ0n) is 16.4. The Kier molecular flexibility index (Phi) is 6.69. The number of allylic oxidation sites excluding steroid dienone is 3. The van der Waals surface area contributed by atoms with Crippen LogP contribution in [0.1, 0.15) is 19.8 Å². The molecule has 1 aliphatic rings. The van der Waals surface area contributed by atoms with Crippen molar-refractivity contribution in [1.29, 1.82) is 0 Å². The second-order valence-corrected chi connectivity index (χ2v) is 7.10. The van der Waals surface area contributed by atoms with Gasteiger partial charge in [0.05, 0.1) is 0 Å². The minimum atomic E-state index is -0.560. The molecule has 0 atom stereocenters. The van der Waals surface area contributed by atoms with Gasteiger partial charge in [-0.3, -0.25) is 0 Å². The van der Waals surface area contributed by atoms with Gasteiger partial charge in [-0.1, -0.05) is 12.1 Å². The molecule has 0 radical (unpaired) electrons. The molecule has 0 unspecified atom stereocenters. The summed E-state index contributed by atoms with van der Waals surface area (Å²) in [6.45, 7) is 4.18. The average molecular weight is 383 g/mol. The van der Waals surface area contributed by atoms with Crippen LogP contribution < -0.4 is 10.6 Å². The molecule has 0 saturated carbocycles. The predicted octanol–water partition coefficient (Wildman–Crippen LogP) is 5.15. The lowest BCUT2D eigenvalue weighted by Gasteiger charge is -2.34. The summed E-state index contributed by atoms with van der Waals surface area (Å²) in [5.74, 6) is -1.12. The van der Waals surface area contributed by atoms with Gasteiger partial charge < -0.3 is 15.5 Å². The molecular formula is C23H27F2N3. The number of nitrogens with zero attached hydrogens (tertiary/aromatic N) is 1. The lowest BCUT2D eigenvalue weighted by atomic mass is 10.0. The first-order valence-electron chi connectivity index (χ1n) is 9.64. The van der Waals surface area contributed by atoms with E-state index < -0.39 is 11.6 Å². The number of likely N-dealkylation sites (tertiary alicyclic amines) is 1. The van der Waals surface area contributed by atoms with Crippen molar-refractivity contribution in [3.63, 3.8) is 0 Å². The first-order chi connectivity index (χ1) is 13.5. The highest BCUT2D eigenvalue weighted by Gasteiger charge is 2.19. The van der Waals surface area contributed by atoms with Crippen molar-refractivity contribution >= 4 is 5.69 Å². The molecule has 1 aliphatic heterocycles. The van der Waals surface area contributed by atoms with Crippen molar-refractivity contribution in [2.24, 2.45) is 0 Å². The molecule has 3 rings (SSSR count). The molecular weight excluding hydrogens is 356 g/mol. The summed E-state index contributed by atoms with van der Waals surface area (Å²) in [6, 6.07) is 11.7. The molecule has 2 aromatic carbocycles. The molecule has 1 saturated heterocycles. The van der Waals surface area contributed by atoms with E-state index in [2.05, 4.69) is 28.5 Å². The number of nitrogens with one attached hydrogen (secondary N) is 2. The van der Waals surface area contributed by atoms with E-state index in [9.17, 15) is 8.78 Å². The molecule has 5 heteroatoms. The molecule has 2 N–H and O–H groups in total. The molecule has 0 aromatic heterocycles. The summed E-state index contributed by atoms with van der Waals surface area (Å²) in [5.41, 5.74) is 3.65. The van der Waals surface area contributed by atoms with E-state index in [1.165, 1.54) is 17.8 Å². The number of piperidine rings is 1. The normalized spacial score (nSPS) is 15.9. The van der Waals surface area contributed by atoms with Crippen LogP contribution in [0, 0.1) is 11.6 Å². The second kappa shape index (κ2) is 9.40. The topological polar surface area (TPSA) is 27.3 Å². The fourth-order valence-corrected chi connectivity index (χ4v) is 3.48. The van der Waals surface area contributed by atoms with E-state index in [4.69, 9.17) is 0 Å². The fourth-order valence-electron chi connectivity index (χ4n) is 3.48. The summed E-state index contributed by atoms with van der Waals surface area (Å²) < 4.78 is 26.8. The zero-order chi connectivity index (χ0) is 19.9. The Morgan fingerprint density at radius 2 is 1.64 bits per heavy atom. The van der Waals surface area contributed by atoms with Gasteiger partial charge in [0.15, 0.2) is 0 Å². The van der Waals surface area contributed by atoms with Crippen LogP contribution in [0.3, 0.4) is 0 Å². The van der Waals surface area contributed by atoms with Crippen LogP contribution in [0.5, 0.6) is 0 Å². The van der Waals surface area contributed by atoms with Crippen LogP contribution in [0.15, 0.2) is 66.5 Å². The van der Waals surface area contributed by atoms with E-state index in [1.807, 2.05) is 43.6 Å². The van der Waals surface area contributed by atoms with Gasteiger partial charge in [-0.2, -0.15) is 0 Å². The number of hydrogen-bond donors (Lipinski definition) is 2. The molecule has 148 valence electrons. The van der Waals surface area contributed by atoms with E-state index in [-0.39, 0.29) is 0 Å². The van der Waals surface area contributed by atoms with E-state index >= 15 is 0 Å². The lowest BCUT2D eigenvalue weighted by Crippen LogP contribution is -2.38. The Balaban J connectivity index is 1.55. The number of halogens is 2. The summed E-state index contributed by atoms with van der Waals surface area (Å²) in [5, 5.41) is 6.57. The highest BCUT2D eigenvalue weighted by atomic mass is 19.1. The molecule has 2 aromatic rings. The summed E-state index contributed by atoms with van der Waals surface area (Å²) >= 11 is 0. The Morgan fingerprint density at radius 1 is 1.00 bits per heavy atom. The summed E-state index contributed by atoms with van der Waals surface area (Å²) in [4.78, 5) is 2.40. The standard InChI is InChI=1S/C23H27F2N3/c1-17(4-3-11-26-2)28-12-9-23(10-13-28)27-22-7-5-18(6-8-22)19-14-20(24)16-21(25)15-19/h3-8,11,14-16,23,26-27H,9-10,12-13H2,1-2H3/b11-3-,17-4+. The minimum absolute atomic E-state index is 0.425. The van der Waals surface area contributed by atoms with Crippen molar-refractivity contribution in [2.75, 3.05) is 25.5 Å². The highest BCUT2D eigenvalue weighted by molar-refractivity contribution is 5.66. The number of hydrogen-bond acceptors (Lipinski definition) is 3. The van der Waals surface area contributed by atoms with Crippen molar-refractivity contribution < 1.29 is 8.78 Å². The Bertz CT molecular complexity index is 815. The molecule has 0 amide bonds. The summed E-state index contributed by atoms with van der Waals surface area (Å²) in [7, 11) is 1.89. The third kappa shape index (κ3) is 5.35. The van der Waals surface area contributed by atoms with Crippen LogP contribution in [0.25, 0.3) is 11.1 Å². The van der Waals surface area contributed by atoms with Gasteiger partial charge in [0, 0.05) is 43.6 Å². The lowest BCUT2D eigenvalue weighted by molar-refractivity contribution is 0.272. The maximum absolute atomic E-state index is 13.4. The van der Waals surface area contributed by atoms with E-state index in [1.54, 1.807) is 0 Å². The SMILES string of the molecule is CN/C=C\C=C(/C)N1CCC(Nc2ccc(-c3cc(F)cc(F)c3)cc2)CC1. The monoisotopic (exact) mass is 383 g/mol. The van der Waals surface area contributed by atoms with E-state index in [0.717, 1.165) is 43.2 Å². The molecule has 0 spiro atoms. The molecule has 1 heterocycles. The van der Waals surface area contributed by atoms with Crippen molar-refractivity contribution in [1.82, 2.24) is 10.2 Å². The van der Waals surface area contributed by atoms with Crippen LogP contribution in [0.2, 0.25) is 0 Å². The van der Waals surface area contributed by atoms with Gasteiger partial charge in [0.2, 0.25) is 0 Å². The molecule has 0 bridgehead atoms. The molecule has 1 fully saturated rings. The largest absolute Gasteiger partial charge is 0.394 e. The Morgan fingerprint density at radius 3 is 2.25 bits per heavy atom. The smallest absolute Gasteiger partial charge is 0.126 e. The van der Waals surface area contributed by atoms with Crippen molar-refractivity contribution in [3.05, 3.63) is 78.1 Å². The zero-order valence-corrected chi connectivity index (χ0v) is 16.4. The number of rotatable bonds is 6. The van der Waals surface area contributed by atoms with Crippen LogP contribution in [-0.4, -0.2) is 31.1 Å². The maximum Gasteiger partial charge on any atom is 0.126 e. The van der Waals surface area contributed by atoms with E-state index in [0.29, 0.717) is 11.6 Å². The third-order valence-corrected chi connectivity index (χ3v) is 5.05. The van der Waals surface area contributed by atoms with Gasteiger partial charge in [-0.25, -0.2) is 8.78 Å². The van der Waals surface area contributed by atoms with Gasteiger partial charge in [0.25, 0.3) is 0 Å². The van der Waals surface area contributed by atoms with Crippen LogP contribution in [0.4, 0.5) is 14.5 Å². The third-order valence-electron chi connectivity index (χ3n) is 5.05. The first-order valence-corrected chi connectivity index (χ1v) is 9.64. The average Bonchev–Trinajstić information content (AvgIpc) is 2.68. The maximum atomic E-state index is 13.4. The van der Waals surface area contributed by atoms with Gasteiger partial charge in [-0.05, 0) is 73.5 Å². The molecule has 0 aliphatic carbocycles. The summed E-state index contributed by atoms with van der Waals surface area (Å²) in [6.07, 6.45) is 8.19. The Hall–Kier alpha value is -2.82. The second-order valence-electron chi connectivity index (χ2n) is 7.10. The highest BCUT2D eigenvalue weighted by Crippen LogP contribution is 2.25. The fraction of sp³-hybridized carbons (Fsp3) is 0.304. The quantitative estimate of drug-likeness (QED) is 0.676. The van der Waals surface area contributed by atoms with Crippen LogP contribution >= 0.6 is 0 Å². The minimum Gasteiger partial charge on any atom is -0.394 e. The first kappa shape index (κ1) is 19.9. The van der Waals surface area contributed by atoms with Gasteiger partial charge in [-0.15, -0.1) is 0 Å². The van der Waals surface area contributed by atoms with Gasteiger partial charge in [0.1, 0.15) is 11.6 Å². The van der Waals surface area contributed by atoms with Crippen molar-refractivity contribution in [3.8, 4) is 11.1 Å². The number of benzene rings is 2. The molecule has 28 heavy (non-hydrogen) atoms. The van der Waals surface area contributed by atoms with Gasteiger partial charge >= 0.3 is 0 Å². The predicted molar refractivity (Wildman–Crippen MR) is 112 cm³/mol. The molecule has 3 nitrogen and oxygen atoms in total. The van der Waals surface area contributed by atoms with Crippen LogP contribution in [-0.2, 0) is 0 Å². The number of anilines is 1.